The highest BCUT2D eigenvalue weighted by atomic mass is 16.5. The van der Waals surface area contributed by atoms with Gasteiger partial charge in [0.2, 0.25) is 5.91 Å². The first-order chi connectivity index (χ1) is 13.1. The zero-order valence-electron chi connectivity index (χ0n) is 15.3. The number of rotatable bonds is 6. The van der Waals surface area contributed by atoms with E-state index in [0.717, 1.165) is 22.6 Å². The molecule has 138 valence electrons. The van der Waals surface area contributed by atoms with Gasteiger partial charge in [-0.05, 0) is 36.8 Å². The number of benzene rings is 2. The lowest BCUT2D eigenvalue weighted by Gasteiger charge is -2.09. The SMILES string of the molecule is COC(=O)c1ccc(C)c(NC(=O)CCc2ccc(-c3ccccc3)o2)c1. The zero-order valence-corrected chi connectivity index (χ0v) is 15.3. The molecule has 0 fully saturated rings. The standard InChI is InChI=1S/C22H21NO4/c1-15-8-9-17(22(25)26-2)14-19(15)23-21(24)13-11-18-10-12-20(27-18)16-6-4-3-5-7-16/h3-10,12,14H,11,13H2,1-2H3,(H,23,24). The summed E-state index contributed by atoms with van der Waals surface area (Å²) in [4.78, 5) is 23.9. The van der Waals surface area contributed by atoms with E-state index in [1.54, 1.807) is 18.2 Å². The van der Waals surface area contributed by atoms with Crippen LogP contribution in [0.5, 0.6) is 0 Å². The lowest BCUT2D eigenvalue weighted by atomic mass is 10.1. The molecule has 1 N–H and O–H groups in total. The third-order valence-electron chi connectivity index (χ3n) is 4.25. The third-order valence-corrected chi connectivity index (χ3v) is 4.25. The van der Waals surface area contributed by atoms with Crippen molar-refractivity contribution in [2.45, 2.75) is 19.8 Å². The fourth-order valence-electron chi connectivity index (χ4n) is 2.72. The third kappa shape index (κ3) is 4.64. The summed E-state index contributed by atoms with van der Waals surface area (Å²) in [6.45, 7) is 1.87. The molecule has 0 saturated carbocycles. The number of carbonyl (C=O) groups excluding carboxylic acids is 2. The molecule has 1 amide bonds. The molecule has 1 aromatic heterocycles. The summed E-state index contributed by atoms with van der Waals surface area (Å²) in [6.07, 6.45) is 0.776. The summed E-state index contributed by atoms with van der Waals surface area (Å²) in [6, 6.07) is 18.7. The second kappa shape index (κ2) is 8.36. The number of carbonyl (C=O) groups is 2. The molecular weight excluding hydrogens is 342 g/mol. The molecule has 1 heterocycles. The lowest BCUT2D eigenvalue weighted by Crippen LogP contribution is -2.14. The lowest BCUT2D eigenvalue weighted by molar-refractivity contribution is -0.116. The van der Waals surface area contributed by atoms with Crippen molar-refractivity contribution in [1.82, 2.24) is 0 Å². The van der Waals surface area contributed by atoms with Crippen LogP contribution < -0.4 is 5.32 Å². The summed E-state index contributed by atoms with van der Waals surface area (Å²) in [5.74, 6) is 0.962. The minimum Gasteiger partial charge on any atom is -0.465 e. The first kappa shape index (κ1) is 18.5. The monoisotopic (exact) mass is 363 g/mol. The average Bonchev–Trinajstić information content (AvgIpc) is 3.17. The molecule has 0 bridgehead atoms. The zero-order chi connectivity index (χ0) is 19.2. The van der Waals surface area contributed by atoms with E-state index in [1.807, 2.05) is 49.4 Å². The normalized spacial score (nSPS) is 10.4. The summed E-state index contributed by atoms with van der Waals surface area (Å²) in [5.41, 5.74) is 2.88. The van der Waals surface area contributed by atoms with Crippen molar-refractivity contribution in [3.05, 3.63) is 77.6 Å². The molecule has 0 unspecified atom stereocenters. The molecule has 0 radical (unpaired) electrons. The highest BCUT2D eigenvalue weighted by Crippen LogP contribution is 2.23. The van der Waals surface area contributed by atoms with Crippen molar-refractivity contribution in [2.24, 2.45) is 0 Å². The topological polar surface area (TPSA) is 68.5 Å². The number of esters is 1. The van der Waals surface area contributed by atoms with E-state index < -0.39 is 5.97 Å². The Morgan fingerprint density at radius 2 is 1.81 bits per heavy atom. The van der Waals surface area contributed by atoms with Crippen molar-refractivity contribution in [2.75, 3.05) is 12.4 Å². The van der Waals surface area contributed by atoms with Gasteiger partial charge in [-0.2, -0.15) is 0 Å². The smallest absolute Gasteiger partial charge is 0.337 e. The molecule has 2 aromatic carbocycles. The number of anilines is 1. The van der Waals surface area contributed by atoms with Crippen LogP contribution in [0.4, 0.5) is 5.69 Å². The van der Waals surface area contributed by atoms with Gasteiger partial charge in [-0.1, -0.05) is 36.4 Å². The van der Waals surface area contributed by atoms with Crippen LogP contribution >= 0.6 is 0 Å². The van der Waals surface area contributed by atoms with Crippen LogP contribution in [0.15, 0.2) is 65.1 Å². The number of hydrogen-bond acceptors (Lipinski definition) is 4. The number of aryl methyl sites for hydroxylation is 2. The van der Waals surface area contributed by atoms with Crippen molar-refractivity contribution < 1.29 is 18.7 Å². The molecule has 0 aliphatic rings. The molecule has 0 aliphatic carbocycles. The van der Waals surface area contributed by atoms with E-state index in [2.05, 4.69) is 5.32 Å². The van der Waals surface area contributed by atoms with Gasteiger partial charge in [-0.25, -0.2) is 4.79 Å². The quantitative estimate of drug-likeness (QED) is 0.649. The van der Waals surface area contributed by atoms with Crippen LogP contribution in [-0.2, 0) is 16.0 Å². The molecule has 27 heavy (non-hydrogen) atoms. The van der Waals surface area contributed by atoms with E-state index in [-0.39, 0.29) is 12.3 Å². The van der Waals surface area contributed by atoms with Crippen LogP contribution in [0.1, 0.15) is 28.1 Å². The fraction of sp³-hybridized carbons (Fsp3) is 0.182. The number of amides is 1. The molecule has 0 aliphatic heterocycles. The maximum Gasteiger partial charge on any atom is 0.337 e. The minimum absolute atomic E-state index is 0.141. The molecule has 0 spiro atoms. The molecule has 0 saturated heterocycles. The van der Waals surface area contributed by atoms with Gasteiger partial charge in [0.1, 0.15) is 11.5 Å². The number of nitrogens with one attached hydrogen (secondary N) is 1. The van der Waals surface area contributed by atoms with E-state index in [1.165, 1.54) is 7.11 Å². The second-order valence-electron chi connectivity index (χ2n) is 6.20. The molecular formula is C22H21NO4. The maximum atomic E-state index is 12.3. The number of methoxy groups -OCH3 is 1. The Morgan fingerprint density at radius 3 is 2.56 bits per heavy atom. The summed E-state index contributed by atoms with van der Waals surface area (Å²) in [5, 5.41) is 2.85. The maximum absolute atomic E-state index is 12.3. The predicted octanol–water partition coefficient (Wildman–Crippen LogP) is 4.61. The molecule has 5 heteroatoms. The van der Waals surface area contributed by atoms with Gasteiger partial charge in [0, 0.05) is 24.1 Å². The van der Waals surface area contributed by atoms with E-state index in [4.69, 9.17) is 9.15 Å². The molecule has 0 atom stereocenters. The van der Waals surface area contributed by atoms with Crippen molar-refractivity contribution in [3.63, 3.8) is 0 Å². The Labute approximate surface area is 158 Å². The van der Waals surface area contributed by atoms with Gasteiger partial charge in [-0.3, -0.25) is 4.79 Å². The predicted molar refractivity (Wildman–Crippen MR) is 104 cm³/mol. The molecule has 3 rings (SSSR count). The van der Waals surface area contributed by atoms with Gasteiger partial charge in [0.05, 0.1) is 12.7 Å². The summed E-state index contributed by atoms with van der Waals surface area (Å²) in [7, 11) is 1.33. The van der Waals surface area contributed by atoms with Crippen LogP contribution in [0.25, 0.3) is 11.3 Å². The molecule has 3 aromatic rings. The Bertz CT molecular complexity index is 944. The van der Waals surface area contributed by atoms with Crippen LogP contribution in [0.3, 0.4) is 0 Å². The van der Waals surface area contributed by atoms with E-state index in [0.29, 0.717) is 17.7 Å². The van der Waals surface area contributed by atoms with Gasteiger partial charge in [-0.15, -0.1) is 0 Å². The van der Waals surface area contributed by atoms with Gasteiger partial charge in [0.25, 0.3) is 0 Å². The number of hydrogen-bond donors (Lipinski definition) is 1. The largest absolute Gasteiger partial charge is 0.465 e. The second-order valence-corrected chi connectivity index (χ2v) is 6.20. The number of ether oxygens (including phenoxy) is 1. The van der Waals surface area contributed by atoms with Crippen LogP contribution in [0.2, 0.25) is 0 Å². The van der Waals surface area contributed by atoms with Crippen molar-refractivity contribution in [1.29, 1.82) is 0 Å². The van der Waals surface area contributed by atoms with Crippen LogP contribution in [-0.4, -0.2) is 19.0 Å². The Balaban J connectivity index is 1.61. The van der Waals surface area contributed by atoms with Gasteiger partial charge in [0.15, 0.2) is 0 Å². The Morgan fingerprint density at radius 1 is 1.04 bits per heavy atom. The number of furan rings is 1. The summed E-state index contributed by atoms with van der Waals surface area (Å²) >= 11 is 0. The van der Waals surface area contributed by atoms with Crippen molar-refractivity contribution >= 4 is 17.6 Å². The summed E-state index contributed by atoms with van der Waals surface area (Å²) < 4.78 is 10.5. The van der Waals surface area contributed by atoms with Crippen LogP contribution in [0, 0.1) is 6.92 Å². The highest BCUT2D eigenvalue weighted by molar-refractivity contribution is 5.95. The minimum atomic E-state index is -0.436. The Hall–Kier alpha value is -3.34. The highest BCUT2D eigenvalue weighted by Gasteiger charge is 2.11. The average molecular weight is 363 g/mol. The fourth-order valence-corrected chi connectivity index (χ4v) is 2.72. The van der Waals surface area contributed by atoms with Crippen molar-refractivity contribution in [3.8, 4) is 11.3 Å². The van der Waals surface area contributed by atoms with E-state index >= 15 is 0 Å². The van der Waals surface area contributed by atoms with E-state index in [9.17, 15) is 9.59 Å². The van der Waals surface area contributed by atoms with Gasteiger partial charge >= 0.3 is 5.97 Å². The first-order valence-corrected chi connectivity index (χ1v) is 8.70. The Kier molecular flexibility index (Phi) is 5.71. The first-order valence-electron chi connectivity index (χ1n) is 8.70. The molecule has 5 nitrogen and oxygen atoms in total. The van der Waals surface area contributed by atoms with Gasteiger partial charge < -0.3 is 14.5 Å².